The van der Waals surface area contributed by atoms with Gasteiger partial charge < -0.3 is 19.9 Å². The van der Waals surface area contributed by atoms with Crippen LogP contribution in [-0.2, 0) is 11.3 Å². The van der Waals surface area contributed by atoms with Gasteiger partial charge >= 0.3 is 0 Å². The molecule has 0 radical (unpaired) electrons. The van der Waals surface area contributed by atoms with Gasteiger partial charge in [-0.25, -0.2) is 0 Å². The van der Waals surface area contributed by atoms with E-state index in [0.29, 0.717) is 13.2 Å². The van der Waals surface area contributed by atoms with Gasteiger partial charge in [0.1, 0.15) is 12.4 Å². The summed E-state index contributed by atoms with van der Waals surface area (Å²) in [7, 11) is 4.21. The molecule has 1 aromatic carbocycles. The molecule has 24 heavy (non-hydrogen) atoms. The molecule has 0 aliphatic carbocycles. The maximum absolute atomic E-state index is 12.1. The highest BCUT2D eigenvalue weighted by Crippen LogP contribution is 2.16. The molecular weight excluding hydrogens is 302 g/mol. The van der Waals surface area contributed by atoms with Gasteiger partial charge in [0.15, 0.2) is 0 Å². The van der Waals surface area contributed by atoms with Crippen molar-refractivity contribution < 1.29 is 9.53 Å². The third kappa shape index (κ3) is 6.13. The van der Waals surface area contributed by atoms with Gasteiger partial charge in [-0.05, 0) is 64.3 Å². The Morgan fingerprint density at radius 1 is 1.38 bits per heavy atom. The molecule has 0 bridgehead atoms. The molecule has 134 valence electrons. The number of hydrogen-bond acceptors (Lipinski definition) is 4. The quantitative estimate of drug-likeness (QED) is 0.739. The molecule has 2 rings (SSSR count). The first kappa shape index (κ1) is 18.7. The minimum absolute atomic E-state index is 0.161. The molecule has 1 N–H and O–H groups in total. The minimum Gasteiger partial charge on any atom is -0.492 e. The van der Waals surface area contributed by atoms with Crippen LogP contribution in [0.1, 0.15) is 25.3 Å². The van der Waals surface area contributed by atoms with Crippen molar-refractivity contribution in [2.75, 3.05) is 46.9 Å². The van der Waals surface area contributed by atoms with E-state index in [2.05, 4.69) is 48.3 Å². The summed E-state index contributed by atoms with van der Waals surface area (Å²) in [5.41, 5.74) is 1.24. The fourth-order valence-electron chi connectivity index (χ4n) is 2.92. The molecule has 0 atom stereocenters. The van der Waals surface area contributed by atoms with E-state index in [1.54, 1.807) is 0 Å². The molecule has 1 saturated heterocycles. The molecular formula is C19H31N3O2. The van der Waals surface area contributed by atoms with Crippen molar-refractivity contribution in [1.82, 2.24) is 15.1 Å². The molecule has 5 nitrogen and oxygen atoms in total. The lowest BCUT2D eigenvalue weighted by Gasteiger charge is -2.28. The maximum Gasteiger partial charge on any atom is 0.223 e. The molecule has 1 amide bonds. The van der Waals surface area contributed by atoms with Gasteiger partial charge in [0.2, 0.25) is 5.91 Å². The first-order valence-electron chi connectivity index (χ1n) is 8.95. The molecule has 5 heteroatoms. The third-order valence-electron chi connectivity index (χ3n) is 4.65. The fraction of sp³-hybridized carbons (Fsp3) is 0.632. The monoisotopic (exact) mass is 333 g/mol. The lowest BCUT2D eigenvalue weighted by atomic mass is 9.96. The Hall–Kier alpha value is -1.59. The Balaban J connectivity index is 1.68. The van der Waals surface area contributed by atoms with Crippen LogP contribution in [0.15, 0.2) is 24.3 Å². The highest BCUT2D eigenvalue weighted by molar-refractivity contribution is 5.78. The van der Waals surface area contributed by atoms with E-state index in [9.17, 15) is 4.79 Å². The van der Waals surface area contributed by atoms with Gasteiger partial charge in [0.05, 0.1) is 6.54 Å². The normalized spacial score (nSPS) is 16.3. The van der Waals surface area contributed by atoms with Crippen molar-refractivity contribution in [2.24, 2.45) is 5.92 Å². The molecule has 1 aromatic rings. The smallest absolute Gasteiger partial charge is 0.223 e. The molecule has 0 spiro atoms. The number of carbonyl (C=O) groups excluding carboxylic acids is 1. The van der Waals surface area contributed by atoms with E-state index in [1.165, 1.54) is 5.56 Å². The van der Waals surface area contributed by atoms with Gasteiger partial charge in [0, 0.05) is 12.5 Å². The average molecular weight is 333 g/mol. The van der Waals surface area contributed by atoms with Gasteiger partial charge in [-0.15, -0.1) is 0 Å². The number of piperidine rings is 1. The Kier molecular flexibility index (Phi) is 7.53. The van der Waals surface area contributed by atoms with E-state index in [-0.39, 0.29) is 11.8 Å². The van der Waals surface area contributed by atoms with Crippen LogP contribution in [0.3, 0.4) is 0 Å². The number of ether oxygens (including phenoxy) is 1. The van der Waals surface area contributed by atoms with Crippen molar-refractivity contribution in [3.63, 3.8) is 0 Å². The molecule has 0 saturated carbocycles. The van der Waals surface area contributed by atoms with Crippen molar-refractivity contribution in [1.29, 1.82) is 0 Å². The van der Waals surface area contributed by atoms with Gasteiger partial charge in [-0.2, -0.15) is 0 Å². The Morgan fingerprint density at radius 3 is 2.83 bits per heavy atom. The van der Waals surface area contributed by atoms with Crippen LogP contribution >= 0.6 is 0 Å². The fourth-order valence-corrected chi connectivity index (χ4v) is 2.92. The van der Waals surface area contributed by atoms with Crippen molar-refractivity contribution >= 4 is 5.91 Å². The van der Waals surface area contributed by atoms with Crippen LogP contribution in [0.5, 0.6) is 5.75 Å². The summed E-state index contributed by atoms with van der Waals surface area (Å²) in [4.78, 5) is 16.7. The topological polar surface area (TPSA) is 44.8 Å². The van der Waals surface area contributed by atoms with E-state index >= 15 is 0 Å². The molecule has 1 aliphatic rings. The summed E-state index contributed by atoms with van der Waals surface area (Å²) in [6, 6.07) is 8.17. The van der Waals surface area contributed by atoms with Crippen LogP contribution in [0.25, 0.3) is 0 Å². The molecule has 0 aromatic heterocycles. The summed E-state index contributed by atoms with van der Waals surface area (Å²) in [5, 5.41) is 3.00. The van der Waals surface area contributed by atoms with Gasteiger partial charge in [0.25, 0.3) is 0 Å². The Morgan fingerprint density at radius 2 is 2.12 bits per heavy atom. The first-order valence-corrected chi connectivity index (χ1v) is 8.95. The minimum atomic E-state index is 0.161. The summed E-state index contributed by atoms with van der Waals surface area (Å²) in [6.45, 7) is 7.17. The standard InChI is InChI=1S/C19H31N3O2/c1-4-21(2)15-16-6-5-7-18(14-16)24-13-10-20-19(23)17-8-11-22(3)12-9-17/h5-7,14,17H,4,8-13,15H2,1-3H3,(H,20,23). The van der Waals surface area contributed by atoms with Crippen LogP contribution in [0.2, 0.25) is 0 Å². The number of amides is 1. The van der Waals surface area contributed by atoms with Crippen LogP contribution < -0.4 is 10.1 Å². The molecule has 1 heterocycles. The van der Waals surface area contributed by atoms with Crippen LogP contribution in [-0.4, -0.2) is 62.6 Å². The second-order valence-electron chi connectivity index (χ2n) is 6.69. The average Bonchev–Trinajstić information content (AvgIpc) is 2.59. The largest absolute Gasteiger partial charge is 0.492 e. The first-order chi connectivity index (χ1) is 11.6. The van der Waals surface area contributed by atoms with E-state index < -0.39 is 0 Å². The number of nitrogens with zero attached hydrogens (tertiary/aromatic N) is 2. The summed E-state index contributed by atoms with van der Waals surface area (Å²) in [5.74, 6) is 1.20. The van der Waals surface area contributed by atoms with Crippen molar-refractivity contribution in [3.05, 3.63) is 29.8 Å². The lowest BCUT2D eigenvalue weighted by molar-refractivity contribution is -0.126. The number of benzene rings is 1. The zero-order valence-electron chi connectivity index (χ0n) is 15.3. The number of rotatable bonds is 8. The Labute approximate surface area is 146 Å². The van der Waals surface area contributed by atoms with Gasteiger partial charge in [-0.3, -0.25) is 4.79 Å². The summed E-state index contributed by atoms with van der Waals surface area (Å²) in [6.07, 6.45) is 1.91. The second-order valence-corrected chi connectivity index (χ2v) is 6.69. The SMILES string of the molecule is CCN(C)Cc1cccc(OCCNC(=O)C2CCN(C)CC2)c1. The lowest BCUT2D eigenvalue weighted by Crippen LogP contribution is -2.40. The third-order valence-corrected chi connectivity index (χ3v) is 4.65. The van der Waals surface area contributed by atoms with Crippen LogP contribution in [0.4, 0.5) is 0 Å². The molecule has 1 fully saturated rings. The highest BCUT2D eigenvalue weighted by Gasteiger charge is 2.22. The van der Waals surface area contributed by atoms with Crippen molar-refractivity contribution in [3.8, 4) is 5.75 Å². The second kappa shape index (κ2) is 9.64. The predicted octanol–water partition coefficient (Wildman–Crippen LogP) is 1.98. The number of carbonyl (C=O) groups is 1. The molecule has 0 unspecified atom stereocenters. The van der Waals surface area contributed by atoms with E-state index in [4.69, 9.17) is 4.74 Å². The summed E-state index contributed by atoms with van der Waals surface area (Å²) < 4.78 is 5.78. The molecule has 1 aliphatic heterocycles. The zero-order chi connectivity index (χ0) is 17.4. The van der Waals surface area contributed by atoms with Gasteiger partial charge in [-0.1, -0.05) is 19.1 Å². The summed E-state index contributed by atoms with van der Waals surface area (Å²) >= 11 is 0. The predicted molar refractivity (Wildman–Crippen MR) is 97.2 cm³/mol. The zero-order valence-corrected chi connectivity index (χ0v) is 15.3. The van der Waals surface area contributed by atoms with E-state index in [1.807, 2.05) is 12.1 Å². The van der Waals surface area contributed by atoms with E-state index in [0.717, 1.165) is 44.8 Å². The van der Waals surface area contributed by atoms with Crippen molar-refractivity contribution in [2.45, 2.75) is 26.3 Å². The number of likely N-dealkylation sites (tertiary alicyclic amines) is 1. The Bertz CT molecular complexity index is 513. The maximum atomic E-state index is 12.1. The number of hydrogen-bond donors (Lipinski definition) is 1. The highest BCUT2D eigenvalue weighted by atomic mass is 16.5. The number of nitrogens with one attached hydrogen (secondary N) is 1. The van der Waals surface area contributed by atoms with Crippen LogP contribution in [0, 0.1) is 5.92 Å².